The van der Waals surface area contributed by atoms with Crippen LogP contribution in [-0.2, 0) is 0 Å². The van der Waals surface area contributed by atoms with Crippen molar-refractivity contribution in [3.05, 3.63) is 31.6 Å². The molecule has 1 unspecified atom stereocenters. The molecule has 0 aliphatic carbocycles. The lowest BCUT2D eigenvalue weighted by Crippen LogP contribution is -2.53. The first-order valence-electron chi connectivity index (χ1n) is 6.31. The number of hydrogen-bond donors (Lipinski definition) is 1. The maximum atomic E-state index is 12.2. The minimum atomic E-state index is -0.380. The largest absolute Gasteiger partial charge is 0.329 e. The van der Waals surface area contributed by atoms with Crippen molar-refractivity contribution in [2.24, 2.45) is 5.92 Å². The molecule has 0 spiro atoms. The Hall–Kier alpha value is -1.07. The molecule has 0 amide bonds. The van der Waals surface area contributed by atoms with Crippen LogP contribution in [0.15, 0.2) is 9.59 Å². The molecule has 1 N–H and O–H groups in total. The number of rotatable bonds is 1. The zero-order valence-electron chi connectivity index (χ0n) is 10.3. The summed E-state index contributed by atoms with van der Waals surface area (Å²) >= 11 is 5.83. The van der Waals surface area contributed by atoms with Crippen LogP contribution < -0.4 is 11.2 Å². The van der Waals surface area contributed by atoms with Crippen LogP contribution in [0.3, 0.4) is 0 Å². The topological polar surface area (TPSA) is 58.1 Å². The van der Waals surface area contributed by atoms with Crippen molar-refractivity contribution < 1.29 is 0 Å². The molecular weight excluding hydrogens is 254 g/mol. The van der Waals surface area contributed by atoms with Gasteiger partial charge in [-0.2, -0.15) is 0 Å². The van der Waals surface area contributed by atoms with Gasteiger partial charge in [0.2, 0.25) is 0 Å². The monoisotopic (exact) mass is 269 g/mol. The van der Waals surface area contributed by atoms with Gasteiger partial charge >= 0.3 is 5.69 Å². The Bertz CT molecular complexity index is 584. The summed E-state index contributed by atoms with van der Waals surface area (Å²) < 4.78 is 1.37. The summed E-state index contributed by atoms with van der Waals surface area (Å²) in [6.07, 6.45) is 2.14. The van der Waals surface area contributed by atoms with E-state index in [0.717, 1.165) is 32.5 Å². The van der Waals surface area contributed by atoms with E-state index in [2.05, 4.69) is 9.88 Å². The van der Waals surface area contributed by atoms with Gasteiger partial charge in [0.1, 0.15) is 5.15 Å². The molecule has 18 heavy (non-hydrogen) atoms. The molecule has 5 nitrogen and oxygen atoms in total. The van der Waals surface area contributed by atoms with E-state index in [1.807, 2.05) is 0 Å². The first-order valence-corrected chi connectivity index (χ1v) is 6.69. The van der Waals surface area contributed by atoms with Gasteiger partial charge in [0.15, 0.2) is 0 Å². The summed E-state index contributed by atoms with van der Waals surface area (Å²) in [7, 11) is 0. The Balaban J connectivity index is 2.10. The van der Waals surface area contributed by atoms with Gasteiger partial charge in [0.05, 0.1) is 6.04 Å². The van der Waals surface area contributed by atoms with Gasteiger partial charge in [-0.15, -0.1) is 0 Å². The van der Waals surface area contributed by atoms with Crippen LogP contribution in [0.5, 0.6) is 0 Å². The summed E-state index contributed by atoms with van der Waals surface area (Å²) in [5.74, 6) is 0.439. The zero-order chi connectivity index (χ0) is 12.9. The van der Waals surface area contributed by atoms with Crippen molar-refractivity contribution >= 4 is 11.6 Å². The lowest BCUT2D eigenvalue weighted by molar-refractivity contribution is 0.0532. The van der Waals surface area contributed by atoms with Crippen LogP contribution in [0.4, 0.5) is 0 Å². The Morgan fingerprint density at radius 1 is 1.28 bits per heavy atom. The average Bonchev–Trinajstić information content (AvgIpc) is 2.38. The molecule has 4 heterocycles. The predicted octanol–water partition coefficient (Wildman–Crippen LogP) is 0.765. The molecule has 0 aromatic carbocycles. The van der Waals surface area contributed by atoms with Gasteiger partial charge in [0.25, 0.3) is 5.56 Å². The number of aromatic amines is 1. The fourth-order valence-corrected chi connectivity index (χ4v) is 3.30. The third kappa shape index (κ3) is 1.73. The van der Waals surface area contributed by atoms with Crippen molar-refractivity contribution in [1.82, 2.24) is 14.5 Å². The molecule has 98 valence electrons. The molecule has 1 aromatic rings. The SMILES string of the molecule is Cc1c(Cl)[nH]c(=O)n(C2CN3CCC2CC3)c1=O. The minimum absolute atomic E-state index is 0.000262. The van der Waals surface area contributed by atoms with Gasteiger partial charge in [-0.3, -0.25) is 14.3 Å². The highest BCUT2D eigenvalue weighted by atomic mass is 35.5. The quantitative estimate of drug-likeness (QED) is 0.766. The molecule has 3 aliphatic heterocycles. The molecule has 4 rings (SSSR count). The molecule has 1 aromatic heterocycles. The summed E-state index contributed by atoms with van der Waals surface area (Å²) in [5, 5.41) is 0.155. The molecule has 1 atom stereocenters. The van der Waals surface area contributed by atoms with E-state index in [-0.39, 0.29) is 22.4 Å². The third-order valence-corrected chi connectivity index (χ3v) is 4.64. The smallest absolute Gasteiger partial charge is 0.301 e. The number of aromatic nitrogens is 2. The third-order valence-electron chi connectivity index (χ3n) is 4.26. The van der Waals surface area contributed by atoms with E-state index in [9.17, 15) is 9.59 Å². The fourth-order valence-electron chi connectivity index (χ4n) is 3.14. The number of hydrogen-bond acceptors (Lipinski definition) is 3. The van der Waals surface area contributed by atoms with E-state index >= 15 is 0 Å². The Kier molecular flexibility index (Phi) is 2.83. The minimum Gasteiger partial charge on any atom is -0.301 e. The molecule has 3 fully saturated rings. The lowest BCUT2D eigenvalue weighted by atomic mass is 9.84. The molecule has 2 bridgehead atoms. The first-order chi connectivity index (χ1) is 8.58. The van der Waals surface area contributed by atoms with Crippen LogP contribution in [0.2, 0.25) is 5.15 Å². The maximum Gasteiger partial charge on any atom is 0.329 e. The van der Waals surface area contributed by atoms with E-state index < -0.39 is 0 Å². The Morgan fingerprint density at radius 2 is 1.94 bits per heavy atom. The van der Waals surface area contributed by atoms with Crippen LogP contribution in [0.1, 0.15) is 24.4 Å². The average molecular weight is 270 g/mol. The molecule has 3 aliphatic rings. The summed E-state index contributed by atoms with van der Waals surface area (Å²) in [5.41, 5.74) is -0.204. The predicted molar refractivity (Wildman–Crippen MR) is 69.3 cm³/mol. The highest BCUT2D eigenvalue weighted by molar-refractivity contribution is 6.30. The number of H-pyrrole nitrogens is 1. The summed E-state index contributed by atoms with van der Waals surface area (Å²) in [6.45, 7) is 4.62. The second kappa shape index (κ2) is 4.24. The summed E-state index contributed by atoms with van der Waals surface area (Å²) in [6, 6.07) is -0.000262. The van der Waals surface area contributed by atoms with Crippen molar-refractivity contribution in [2.45, 2.75) is 25.8 Å². The number of piperidine rings is 3. The van der Waals surface area contributed by atoms with E-state index in [0.29, 0.717) is 11.5 Å². The Morgan fingerprint density at radius 3 is 2.50 bits per heavy atom. The summed E-state index contributed by atoms with van der Waals surface area (Å²) in [4.78, 5) is 29.1. The van der Waals surface area contributed by atoms with Crippen LogP contribution in [-0.4, -0.2) is 34.1 Å². The maximum absolute atomic E-state index is 12.2. The van der Waals surface area contributed by atoms with Gasteiger partial charge in [-0.05, 0) is 38.8 Å². The number of fused-ring (bicyclic) bond motifs is 3. The fraction of sp³-hybridized carbons (Fsp3) is 0.667. The van der Waals surface area contributed by atoms with Crippen molar-refractivity contribution in [2.75, 3.05) is 19.6 Å². The van der Waals surface area contributed by atoms with Crippen molar-refractivity contribution in [3.8, 4) is 0 Å². The number of halogens is 1. The van der Waals surface area contributed by atoms with E-state index in [1.165, 1.54) is 4.57 Å². The van der Waals surface area contributed by atoms with Crippen LogP contribution in [0, 0.1) is 12.8 Å². The van der Waals surface area contributed by atoms with E-state index in [4.69, 9.17) is 11.6 Å². The highest BCUT2D eigenvalue weighted by Gasteiger charge is 2.36. The molecular formula is C12H16ClN3O2. The zero-order valence-corrected chi connectivity index (χ0v) is 11.0. The van der Waals surface area contributed by atoms with Gasteiger partial charge in [0, 0.05) is 12.1 Å². The second-order valence-electron chi connectivity index (χ2n) is 5.25. The van der Waals surface area contributed by atoms with Gasteiger partial charge < -0.3 is 4.90 Å². The van der Waals surface area contributed by atoms with Crippen LogP contribution in [0.25, 0.3) is 0 Å². The Labute approximate surface area is 109 Å². The van der Waals surface area contributed by atoms with Gasteiger partial charge in [-0.1, -0.05) is 11.6 Å². The molecule has 3 saturated heterocycles. The molecule has 0 saturated carbocycles. The van der Waals surface area contributed by atoms with Crippen molar-refractivity contribution in [1.29, 1.82) is 0 Å². The number of nitrogens with zero attached hydrogens (tertiary/aromatic N) is 2. The first kappa shape index (κ1) is 12.0. The standard InChI is InChI=1S/C12H16ClN3O2/c1-7-10(13)14-12(18)16(11(7)17)9-6-15-4-2-8(9)3-5-15/h8-9H,2-6H2,1H3,(H,14,18). The second-order valence-corrected chi connectivity index (χ2v) is 5.63. The van der Waals surface area contributed by atoms with Crippen LogP contribution >= 0.6 is 11.6 Å². The van der Waals surface area contributed by atoms with Gasteiger partial charge in [-0.25, -0.2) is 4.79 Å². The molecule has 6 heteroatoms. The van der Waals surface area contributed by atoms with E-state index in [1.54, 1.807) is 6.92 Å². The normalized spacial score (nSPS) is 30.7. The number of nitrogens with one attached hydrogen (secondary N) is 1. The van der Waals surface area contributed by atoms with Crippen molar-refractivity contribution in [3.63, 3.8) is 0 Å². The highest BCUT2D eigenvalue weighted by Crippen LogP contribution is 2.34. The molecule has 0 radical (unpaired) electrons. The lowest BCUT2D eigenvalue weighted by Gasteiger charge is -2.44.